The van der Waals surface area contributed by atoms with Crippen molar-refractivity contribution in [1.82, 2.24) is 15.1 Å². The number of nitro groups is 1. The lowest BCUT2D eigenvalue weighted by Gasteiger charge is -2.43. The fourth-order valence-electron chi connectivity index (χ4n) is 8.56. The van der Waals surface area contributed by atoms with E-state index < -0.39 is 29.7 Å². The fourth-order valence-corrected chi connectivity index (χ4v) is 8.76. The van der Waals surface area contributed by atoms with E-state index in [1.165, 1.54) is 6.07 Å². The normalized spacial score (nSPS) is 22.5. The Morgan fingerprint density at radius 3 is 2.41 bits per heavy atom. The number of ether oxygens (including phenoxy) is 1. The molecule has 3 aromatic rings. The molecule has 1 unspecified atom stereocenters. The number of amides is 5. The first-order valence-corrected chi connectivity index (χ1v) is 19.3. The van der Waals surface area contributed by atoms with Gasteiger partial charge in [0, 0.05) is 75.8 Å². The van der Waals surface area contributed by atoms with Gasteiger partial charge in [-0.15, -0.1) is 0 Å². The Bertz CT molecular complexity index is 2170. The predicted molar refractivity (Wildman–Crippen MR) is 208 cm³/mol. The van der Waals surface area contributed by atoms with Gasteiger partial charge in [-0.05, 0) is 86.7 Å². The molecule has 0 bridgehead atoms. The lowest BCUT2D eigenvalue weighted by molar-refractivity contribution is -0.384. The van der Waals surface area contributed by atoms with Crippen molar-refractivity contribution < 1.29 is 33.6 Å². The molecule has 3 aromatic carbocycles. The maximum Gasteiger partial charge on any atom is 0.294 e. The maximum absolute atomic E-state index is 13.2. The quantitative estimate of drug-likeness (QED) is 0.160. The van der Waals surface area contributed by atoms with E-state index in [0.29, 0.717) is 55.0 Å². The molecule has 0 radical (unpaired) electrons. The highest BCUT2D eigenvalue weighted by molar-refractivity contribution is 6.33. The molecule has 0 spiro atoms. The minimum absolute atomic E-state index is 0.0341. The second kappa shape index (κ2) is 14.8. The molecule has 292 valence electrons. The topological polar surface area (TPSA) is 175 Å². The van der Waals surface area contributed by atoms with Crippen molar-refractivity contribution in [3.8, 4) is 5.75 Å². The Hall–Kier alpha value is -5.54. The first-order valence-electron chi connectivity index (χ1n) is 19.0. The van der Waals surface area contributed by atoms with E-state index in [2.05, 4.69) is 27.5 Å². The van der Waals surface area contributed by atoms with Crippen LogP contribution in [0.1, 0.15) is 71.2 Å². The number of anilines is 4. The minimum Gasteiger partial charge on any atom is -0.490 e. The number of piperidine rings is 2. The van der Waals surface area contributed by atoms with E-state index in [4.69, 9.17) is 16.3 Å². The number of nitrogens with zero attached hydrogens (tertiary/aromatic N) is 5. The number of rotatable bonds is 10. The van der Waals surface area contributed by atoms with Crippen LogP contribution in [0.2, 0.25) is 5.02 Å². The van der Waals surface area contributed by atoms with Gasteiger partial charge in [-0.1, -0.05) is 11.6 Å². The van der Waals surface area contributed by atoms with Gasteiger partial charge < -0.3 is 24.8 Å². The third-order valence-corrected chi connectivity index (χ3v) is 12.2. The summed E-state index contributed by atoms with van der Waals surface area (Å²) in [6, 6.07) is 13.0. The van der Waals surface area contributed by atoms with Crippen LogP contribution in [0, 0.1) is 16.0 Å². The summed E-state index contributed by atoms with van der Waals surface area (Å²) in [7, 11) is 3.87. The van der Waals surface area contributed by atoms with Crippen LogP contribution in [0.5, 0.6) is 5.75 Å². The van der Waals surface area contributed by atoms with Crippen LogP contribution in [0.25, 0.3) is 0 Å². The predicted octanol–water partition coefficient (Wildman–Crippen LogP) is 5.06. The summed E-state index contributed by atoms with van der Waals surface area (Å²) in [5.74, 6) is -1.21. The van der Waals surface area contributed by atoms with Crippen molar-refractivity contribution in [2.45, 2.75) is 69.6 Å². The summed E-state index contributed by atoms with van der Waals surface area (Å²) in [5, 5.41) is 17.9. The van der Waals surface area contributed by atoms with Gasteiger partial charge in [0.2, 0.25) is 17.7 Å². The van der Waals surface area contributed by atoms with E-state index >= 15 is 0 Å². The van der Waals surface area contributed by atoms with E-state index in [1.807, 2.05) is 18.2 Å². The Kier molecular flexibility index (Phi) is 9.91. The minimum atomic E-state index is -1.02. The average molecular weight is 784 g/mol. The van der Waals surface area contributed by atoms with Crippen LogP contribution < -0.4 is 25.2 Å². The van der Waals surface area contributed by atoms with Crippen molar-refractivity contribution in [3.63, 3.8) is 0 Å². The van der Waals surface area contributed by atoms with Crippen LogP contribution in [0.3, 0.4) is 0 Å². The van der Waals surface area contributed by atoms with Crippen LogP contribution >= 0.6 is 11.6 Å². The molecule has 16 heteroatoms. The van der Waals surface area contributed by atoms with Gasteiger partial charge in [0.25, 0.3) is 17.5 Å². The van der Waals surface area contributed by atoms with Gasteiger partial charge in [0.05, 0.1) is 26.8 Å². The van der Waals surface area contributed by atoms with Crippen molar-refractivity contribution in [2.75, 3.05) is 48.8 Å². The Labute approximate surface area is 328 Å². The van der Waals surface area contributed by atoms with Crippen LogP contribution in [0.4, 0.5) is 28.4 Å². The Morgan fingerprint density at radius 1 is 0.929 bits per heavy atom. The van der Waals surface area contributed by atoms with E-state index in [-0.39, 0.29) is 51.6 Å². The largest absolute Gasteiger partial charge is 0.490 e. The summed E-state index contributed by atoms with van der Waals surface area (Å²) in [6.07, 6.45) is 4.53. The highest BCUT2D eigenvalue weighted by atomic mass is 35.5. The molecule has 8 rings (SSSR count). The molecule has 5 amide bonds. The number of imide groups is 2. The van der Waals surface area contributed by atoms with Crippen molar-refractivity contribution in [3.05, 3.63) is 80.4 Å². The number of benzene rings is 3. The molecule has 0 aromatic heterocycles. The van der Waals surface area contributed by atoms with Gasteiger partial charge in [0.15, 0.2) is 0 Å². The molecule has 15 nitrogen and oxygen atoms in total. The summed E-state index contributed by atoms with van der Waals surface area (Å²) < 4.78 is 6.20. The lowest BCUT2D eigenvalue weighted by Crippen LogP contribution is -2.54. The summed E-state index contributed by atoms with van der Waals surface area (Å²) in [4.78, 5) is 81.1. The molecule has 5 aliphatic rings. The van der Waals surface area contributed by atoms with Gasteiger partial charge in [-0.3, -0.25) is 44.3 Å². The number of carbonyl (C=O) groups is 5. The average Bonchev–Trinajstić information content (AvgIpc) is 3.40. The summed E-state index contributed by atoms with van der Waals surface area (Å²) in [6.45, 7) is 2.21. The molecule has 2 N–H and O–H groups in total. The second-order valence-electron chi connectivity index (χ2n) is 15.4. The van der Waals surface area contributed by atoms with E-state index in [9.17, 15) is 34.1 Å². The number of halogens is 1. The van der Waals surface area contributed by atoms with Gasteiger partial charge in [-0.2, -0.15) is 0 Å². The number of hydrogen-bond donors (Lipinski definition) is 2. The Morgan fingerprint density at radius 2 is 1.68 bits per heavy atom. The molecule has 3 fully saturated rings. The van der Waals surface area contributed by atoms with Gasteiger partial charge >= 0.3 is 0 Å². The van der Waals surface area contributed by atoms with Crippen LogP contribution in [0.15, 0.2) is 48.5 Å². The molecule has 4 aliphatic heterocycles. The molecule has 1 atom stereocenters. The molecular formula is C40H42ClN7O8. The summed E-state index contributed by atoms with van der Waals surface area (Å²) in [5.41, 5.74) is 4.18. The van der Waals surface area contributed by atoms with Crippen molar-refractivity contribution in [2.24, 2.45) is 5.92 Å². The number of nitro benzene ring substituents is 1. The van der Waals surface area contributed by atoms with Crippen molar-refractivity contribution in [1.29, 1.82) is 0 Å². The third-order valence-electron chi connectivity index (χ3n) is 11.9. The smallest absolute Gasteiger partial charge is 0.294 e. The molecule has 4 heterocycles. The SMILES string of the molecule is CN1C(=O)CCc2cc(Nc3cc(N4CCC(CN(C)C5CC(Oc6ccc7c(c6)C(=O)N(C6CCC(=O)NC6=O)C7=O)C5)CC4)c([N+](=O)[O-])cc3Cl)ccc21. The second-order valence-corrected chi connectivity index (χ2v) is 15.8. The zero-order valence-corrected chi connectivity index (χ0v) is 31.8. The monoisotopic (exact) mass is 783 g/mol. The molecule has 2 saturated heterocycles. The standard InChI is InChI=1S/C40H42ClN7O8/c1-44(25-16-27(17-25)56-26-5-6-28-29(18-26)40(53)47(39(28)52)33-8-9-36(49)43-38(33)51)21-22-11-13-46(14-12-22)34-20-31(30(41)19-35(34)48(54)55)42-24-4-7-32-23(15-24)3-10-37(50)45(32)2/h4-7,15,18-20,22,25,27,33,42H,3,8-14,16-17,21H2,1-2H3,(H,43,49,51). The zero-order valence-electron chi connectivity index (χ0n) is 31.1. The first kappa shape index (κ1) is 37.4. The maximum atomic E-state index is 13.2. The molecule has 1 aliphatic carbocycles. The van der Waals surface area contributed by atoms with Crippen LogP contribution in [-0.4, -0.2) is 96.2 Å². The first-order chi connectivity index (χ1) is 26.8. The fraction of sp³-hybridized carbons (Fsp3) is 0.425. The third kappa shape index (κ3) is 7.05. The highest BCUT2D eigenvalue weighted by Gasteiger charge is 2.45. The molecule has 56 heavy (non-hydrogen) atoms. The van der Waals surface area contributed by atoms with E-state index in [0.717, 1.165) is 54.1 Å². The van der Waals surface area contributed by atoms with Gasteiger partial charge in [-0.25, -0.2) is 0 Å². The van der Waals surface area contributed by atoms with E-state index in [1.54, 1.807) is 36.2 Å². The summed E-state index contributed by atoms with van der Waals surface area (Å²) >= 11 is 6.58. The number of aryl methyl sites for hydroxylation is 1. The Balaban J connectivity index is 0.840. The lowest BCUT2D eigenvalue weighted by atomic mass is 9.86. The van der Waals surface area contributed by atoms with Crippen LogP contribution in [-0.2, 0) is 20.8 Å². The molecule has 1 saturated carbocycles. The van der Waals surface area contributed by atoms with Crippen molar-refractivity contribution >= 4 is 69.6 Å². The number of hydrogen-bond acceptors (Lipinski definition) is 11. The number of nitrogens with one attached hydrogen (secondary N) is 2. The van der Waals surface area contributed by atoms with Gasteiger partial charge in [0.1, 0.15) is 23.6 Å². The zero-order chi connectivity index (χ0) is 39.4. The molecular weight excluding hydrogens is 742 g/mol. The number of carbonyl (C=O) groups excluding carboxylic acids is 5. The number of fused-ring (bicyclic) bond motifs is 2. The highest BCUT2D eigenvalue weighted by Crippen LogP contribution is 2.41.